The lowest BCUT2D eigenvalue weighted by Gasteiger charge is -2.23. The minimum atomic E-state index is -0.916. The molecule has 1 unspecified atom stereocenters. The van der Waals surface area contributed by atoms with Gasteiger partial charge in [-0.05, 0) is 67.8 Å². The molecular formula is C29H24N4O4S. The lowest BCUT2D eigenvalue weighted by molar-refractivity contribution is -0.132. The van der Waals surface area contributed by atoms with Crippen molar-refractivity contribution >= 4 is 49.8 Å². The van der Waals surface area contributed by atoms with Gasteiger partial charge in [-0.1, -0.05) is 35.6 Å². The molecule has 1 atom stereocenters. The predicted molar refractivity (Wildman–Crippen MR) is 147 cm³/mol. The number of ether oxygens (including phenoxy) is 1. The Morgan fingerprint density at radius 1 is 1.03 bits per heavy atom. The minimum absolute atomic E-state index is 0.0239. The van der Waals surface area contributed by atoms with Crippen molar-refractivity contribution in [2.75, 3.05) is 12.0 Å². The van der Waals surface area contributed by atoms with Crippen molar-refractivity contribution in [1.82, 2.24) is 14.4 Å². The summed E-state index contributed by atoms with van der Waals surface area (Å²) in [5.74, 6) is -1.26. The fraction of sp³-hybridized carbons (Fsp3) is 0.172. The van der Waals surface area contributed by atoms with Gasteiger partial charge < -0.3 is 9.84 Å². The molecule has 8 nitrogen and oxygen atoms in total. The summed E-state index contributed by atoms with van der Waals surface area (Å²) in [4.78, 5) is 38.0. The molecule has 5 aromatic rings. The number of anilines is 1. The van der Waals surface area contributed by atoms with Crippen molar-refractivity contribution in [2.24, 2.45) is 0 Å². The van der Waals surface area contributed by atoms with Crippen molar-refractivity contribution in [2.45, 2.75) is 26.8 Å². The number of methoxy groups -OCH3 is 1. The molecule has 1 aliphatic heterocycles. The second-order valence-electron chi connectivity index (χ2n) is 9.35. The summed E-state index contributed by atoms with van der Waals surface area (Å²) >= 11 is 1.34. The SMILES string of the molecule is COc1cccc(C2/C(=C(\O)c3c(C)nc4ccccn34)C(=O)C(=O)N2c2nc3c(C)cc(C)cc3s2)c1. The van der Waals surface area contributed by atoms with E-state index >= 15 is 0 Å². The minimum Gasteiger partial charge on any atom is -0.505 e. The Balaban J connectivity index is 1.63. The number of aliphatic hydroxyl groups excluding tert-OH is 1. The molecule has 0 radical (unpaired) electrons. The number of imidazole rings is 1. The van der Waals surface area contributed by atoms with Crippen molar-refractivity contribution < 1.29 is 19.4 Å². The molecule has 1 N–H and O–H groups in total. The number of thiazole rings is 1. The Labute approximate surface area is 222 Å². The van der Waals surface area contributed by atoms with Gasteiger partial charge >= 0.3 is 5.91 Å². The average molecular weight is 525 g/mol. The van der Waals surface area contributed by atoms with E-state index < -0.39 is 17.7 Å². The number of aromatic nitrogens is 3. The van der Waals surface area contributed by atoms with Crippen LogP contribution in [0.5, 0.6) is 5.75 Å². The van der Waals surface area contributed by atoms with Gasteiger partial charge in [-0.15, -0.1) is 0 Å². The fourth-order valence-corrected chi connectivity index (χ4v) is 6.31. The Hall–Kier alpha value is -4.50. The highest BCUT2D eigenvalue weighted by Gasteiger charge is 2.48. The monoisotopic (exact) mass is 524 g/mol. The van der Waals surface area contributed by atoms with Crippen molar-refractivity contribution in [3.8, 4) is 5.75 Å². The van der Waals surface area contributed by atoms with Crippen molar-refractivity contribution in [1.29, 1.82) is 0 Å². The highest BCUT2D eigenvalue weighted by atomic mass is 32.1. The number of benzene rings is 2. The molecule has 1 fully saturated rings. The first-order valence-corrected chi connectivity index (χ1v) is 12.9. The molecule has 38 heavy (non-hydrogen) atoms. The molecule has 0 spiro atoms. The van der Waals surface area contributed by atoms with Gasteiger partial charge in [-0.2, -0.15) is 0 Å². The zero-order valence-electron chi connectivity index (χ0n) is 21.2. The Bertz CT molecular complexity index is 1820. The van der Waals surface area contributed by atoms with E-state index in [4.69, 9.17) is 9.72 Å². The normalized spacial score (nSPS) is 17.2. The summed E-state index contributed by atoms with van der Waals surface area (Å²) in [5, 5.41) is 12.1. The summed E-state index contributed by atoms with van der Waals surface area (Å²) in [5.41, 5.74) is 4.96. The first kappa shape index (κ1) is 23.9. The second kappa shape index (κ2) is 8.81. The lowest BCUT2D eigenvalue weighted by atomic mass is 9.96. The number of amides is 1. The molecule has 6 rings (SSSR count). The number of nitrogens with zero attached hydrogens (tertiary/aromatic N) is 4. The number of aryl methyl sites for hydroxylation is 3. The van der Waals surface area contributed by atoms with Crippen LogP contribution in [0.25, 0.3) is 21.6 Å². The number of rotatable bonds is 4. The molecule has 0 saturated carbocycles. The molecule has 1 aliphatic rings. The predicted octanol–water partition coefficient (Wildman–Crippen LogP) is 5.50. The number of hydrogen-bond donors (Lipinski definition) is 1. The van der Waals surface area contributed by atoms with Crippen LogP contribution in [0.1, 0.15) is 34.1 Å². The fourth-order valence-electron chi connectivity index (χ4n) is 5.15. The van der Waals surface area contributed by atoms with Crippen molar-refractivity contribution in [3.05, 3.63) is 94.4 Å². The number of carbonyl (C=O) groups excluding carboxylic acids is 2. The van der Waals surface area contributed by atoms with Gasteiger partial charge in [0.15, 0.2) is 10.9 Å². The zero-order valence-corrected chi connectivity index (χ0v) is 22.0. The van der Waals surface area contributed by atoms with Gasteiger partial charge in [-0.25, -0.2) is 9.97 Å². The second-order valence-corrected chi connectivity index (χ2v) is 10.4. The van der Waals surface area contributed by atoms with E-state index in [-0.39, 0.29) is 11.3 Å². The molecule has 4 heterocycles. The highest BCUT2D eigenvalue weighted by molar-refractivity contribution is 7.22. The summed E-state index contributed by atoms with van der Waals surface area (Å²) < 4.78 is 8.07. The van der Waals surface area contributed by atoms with Gasteiger partial charge in [0.2, 0.25) is 0 Å². The standard InChI is InChI=1S/C29H24N4O4S/c1-15-12-16(2)23-20(13-15)38-29(31-23)33-25(18-8-7-9-19(14-18)37-4)22(27(35)28(33)36)26(34)24-17(3)30-21-10-5-6-11-32(21)24/h5-14,25,34H,1-4H3/b26-22+. The molecule has 1 saturated heterocycles. The quantitative estimate of drug-likeness (QED) is 0.189. The van der Waals surface area contributed by atoms with Crippen LogP contribution in [0.4, 0.5) is 5.13 Å². The number of hydrogen-bond acceptors (Lipinski definition) is 7. The third kappa shape index (κ3) is 3.58. The highest BCUT2D eigenvalue weighted by Crippen LogP contribution is 2.45. The zero-order chi connectivity index (χ0) is 26.7. The third-order valence-corrected chi connectivity index (χ3v) is 7.81. The van der Waals surface area contributed by atoms with E-state index in [0.717, 1.165) is 21.3 Å². The molecule has 2 aromatic carbocycles. The molecule has 9 heteroatoms. The maximum absolute atomic E-state index is 13.7. The maximum Gasteiger partial charge on any atom is 0.301 e. The van der Waals surface area contributed by atoms with Gasteiger partial charge in [-0.3, -0.25) is 18.9 Å². The Morgan fingerprint density at radius 3 is 2.63 bits per heavy atom. The van der Waals surface area contributed by atoms with Crippen LogP contribution in [0, 0.1) is 20.8 Å². The first-order chi connectivity index (χ1) is 18.3. The van der Waals surface area contributed by atoms with E-state index in [1.165, 1.54) is 16.2 Å². The molecular weight excluding hydrogens is 500 g/mol. The number of ketones is 1. The Morgan fingerprint density at radius 2 is 1.84 bits per heavy atom. The van der Waals surface area contributed by atoms with E-state index in [2.05, 4.69) is 4.98 Å². The van der Waals surface area contributed by atoms with Crippen LogP contribution in [-0.2, 0) is 9.59 Å². The van der Waals surface area contributed by atoms with Crippen LogP contribution < -0.4 is 9.64 Å². The smallest absolute Gasteiger partial charge is 0.301 e. The average Bonchev–Trinajstić information content (AvgIpc) is 3.55. The largest absolute Gasteiger partial charge is 0.505 e. The number of Topliss-reactive ketones (excluding diaryl/α,β-unsaturated/α-hetero) is 1. The first-order valence-electron chi connectivity index (χ1n) is 12.0. The third-order valence-electron chi connectivity index (χ3n) is 6.81. The summed E-state index contributed by atoms with van der Waals surface area (Å²) in [6.45, 7) is 5.74. The molecule has 3 aromatic heterocycles. The van der Waals surface area contributed by atoms with Gasteiger partial charge in [0.25, 0.3) is 5.78 Å². The lowest BCUT2D eigenvalue weighted by Crippen LogP contribution is -2.29. The summed E-state index contributed by atoms with van der Waals surface area (Å²) in [7, 11) is 1.55. The topological polar surface area (TPSA) is 97.0 Å². The van der Waals surface area contributed by atoms with Crippen LogP contribution in [-0.4, -0.2) is 38.3 Å². The van der Waals surface area contributed by atoms with Gasteiger partial charge in [0, 0.05) is 6.20 Å². The van der Waals surface area contributed by atoms with Gasteiger partial charge in [0.1, 0.15) is 17.1 Å². The molecule has 0 aliphatic carbocycles. The van der Waals surface area contributed by atoms with E-state index in [1.807, 2.05) is 50.2 Å². The number of pyridine rings is 1. The number of carbonyl (C=O) groups is 2. The van der Waals surface area contributed by atoms with Crippen LogP contribution in [0.15, 0.2) is 66.4 Å². The Kier molecular flexibility index (Phi) is 5.53. The van der Waals surface area contributed by atoms with E-state index in [0.29, 0.717) is 33.5 Å². The molecule has 190 valence electrons. The van der Waals surface area contributed by atoms with Crippen LogP contribution in [0.3, 0.4) is 0 Å². The maximum atomic E-state index is 13.7. The van der Waals surface area contributed by atoms with E-state index in [1.54, 1.807) is 42.8 Å². The molecule has 1 amide bonds. The summed E-state index contributed by atoms with van der Waals surface area (Å²) in [6.07, 6.45) is 1.76. The van der Waals surface area contributed by atoms with E-state index in [9.17, 15) is 14.7 Å². The van der Waals surface area contributed by atoms with Crippen molar-refractivity contribution in [3.63, 3.8) is 0 Å². The van der Waals surface area contributed by atoms with Crippen LogP contribution >= 0.6 is 11.3 Å². The van der Waals surface area contributed by atoms with Crippen LogP contribution in [0.2, 0.25) is 0 Å². The number of aliphatic hydroxyl groups is 1. The number of fused-ring (bicyclic) bond motifs is 2. The van der Waals surface area contributed by atoms with Gasteiger partial charge in [0.05, 0.1) is 34.6 Å². The molecule has 0 bridgehead atoms. The summed E-state index contributed by atoms with van der Waals surface area (Å²) in [6, 6.07) is 15.8.